The minimum absolute atomic E-state index is 0.424. The van der Waals surface area contributed by atoms with Gasteiger partial charge in [0, 0.05) is 23.9 Å². The van der Waals surface area contributed by atoms with Crippen molar-refractivity contribution >= 4 is 43.5 Å². The van der Waals surface area contributed by atoms with Gasteiger partial charge < -0.3 is 4.74 Å². The van der Waals surface area contributed by atoms with Crippen LogP contribution in [0.2, 0.25) is 0 Å². The molecule has 0 aromatic carbocycles. The van der Waals surface area contributed by atoms with E-state index >= 15 is 0 Å². The zero-order chi connectivity index (χ0) is 10.1. The number of ether oxygens (including phenoxy) is 1. The van der Waals surface area contributed by atoms with E-state index in [-0.39, 0.29) is 0 Å². The molecule has 0 fully saturated rings. The Morgan fingerprint density at radius 3 is 2.77 bits per heavy atom. The molecule has 0 bridgehead atoms. The first-order valence-electron chi connectivity index (χ1n) is 3.90. The van der Waals surface area contributed by atoms with Gasteiger partial charge in [-0.25, -0.2) is 0 Å². The maximum Gasteiger partial charge on any atom is 0.146 e. The van der Waals surface area contributed by atoms with E-state index in [1.54, 1.807) is 7.11 Å². The lowest BCUT2D eigenvalue weighted by atomic mass is 9.98. The molecular formula is C9H11Br2ClO. The van der Waals surface area contributed by atoms with Gasteiger partial charge in [0.05, 0.1) is 0 Å². The quantitative estimate of drug-likeness (QED) is 0.696. The van der Waals surface area contributed by atoms with Gasteiger partial charge in [0.15, 0.2) is 0 Å². The van der Waals surface area contributed by atoms with Crippen LogP contribution in [-0.2, 0) is 4.74 Å². The first-order chi connectivity index (χ1) is 6.02. The van der Waals surface area contributed by atoms with Crippen LogP contribution in [0.3, 0.4) is 0 Å². The van der Waals surface area contributed by atoms with Crippen LogP contribution >= 0.6 is 43.5 Å². The Hall–Kier alpha value is 0.690. The van der Waals surface area contributed by atoms with Gasteiger partial charge in [0.1, 0.15) is 4.51 Å². The standard InChI is InChI=1S/C9H11Br2ClO/c1-6-7(5-10)3-9(11,13-2)4-8(6)12/h4H,3,5H2,1-2H3. The molecule has 0 spiro atoms. The maximum absolute atomic E-state index is 6.08. The van der Waals surface area contributed by atoms with Crippen molar-refractivity contribution in [3.63, 3.8) is 0 Å². The van der Waals surface area contributed by atoms with Gasteiger partial charge in [-0.05, 0) is 34.5 Å². The largest absolute Gasteiger partial charge is 0.363 e. The highest BCUT2D eigenvalue weighted by atomic mass is 79.9. The SMILES string of the molecule is COC1(Br)C=C(Cl)C(C)=C(CBr)C1. The molecule has 74 valence electrons. The van der Waals surface area contributed by atoms with E-state index in [0.717, 1.165) is 22.4 Å². The molecule has 1 unspecified atom stereocenters. The number of alkyl halides is 2. The second-order valence-electron chi connectivity index (χ2n) is 3.02. The van der Waals surface area contributed by atoms with E-state index in [1.807, 2.05) is 13.0 Å². The van der Waals surface area contributed by atoms with Gasteiger partial charge >= 0.3 is 0 Å². The molecule has 4 heteroatoms. The van der Waals surface area contributed by atoms with Gasteiger partial charge in [-0.3, -0.25) is 0 Å². The Balaban J connectivity index is 3.00. The van der Waals surface area contributed by atoms with Crippen LogP contribution in [0, 0.1) is 0 Å². The monoisotopic (exact) mass is 328 g/mol. The summed E-state index contributed by atoms with van der Waals surface area (Å²) in [6.07, 6.45) is 2.73. The van der Waals surface area contributed by atoms with Crippen LogP contribution in [0.25, 0.3) is 0 Å². The molecule has 1 nitrogen and oxygen atoms in total. The van der Waals surface area contributed by atoms with Crippen molar-refractivity contribution in [3.05, 3.63) is 22.3 Å². The topological polar surface area (TPSA) is 9.23 Å². The first kappa shape index (κ1) is 11.8. The third kappa shape index (κ3) is 2.58. The third-order valence-electron chi connectivity index (χ3n) is 2.19. The molecule has 0 aromatic rings. The molecule has 0 radical (unpaired) electrons. The van der Waals surface area contributed by atoms with Crippen LogP contribution in [0.15, 0.2) is 22.3 Å². The van der Waals surface area contributed by atoms with Crippen LogP contribution in [0.1, 0.15) is 13.3 Å². The molecule has 0 amide bonds. The second-order valence-corrected chi connectivity index (χ2v) is 5.33. The summed E-state index contributed by atoms with van der Waals surface area (Å²) in [6, 6.07) is 0. The molecular weight excluding hydrogens is 319 g/mol. The Labute approximate surface area is 100 Å². The summed E-state index contributed by atoms with van der Waals surface area (Å²) in [7, 11) is 1.67. The Kier molecular flexibility index (Phi) is 4.05. The molecule has 1 atom stereocenters. The molecule has 0 aliphatic heterocycles. The fourth-order valence-corrected chi connectivity index (χ4v) is 2.85. The fraction of sp³-hybridized carbons (Fsp3) is 0.556. The summed E-state index contributed by atoms with van der Waals surface area (Å²) in [6.45, 7) is 2.03. The predicted octanol–water partition coefficient (Wildman–Crippen LogP) is 3.96. The Bertz CT molecular complexity index is 273. The van der Waals surface area contributed by atoms with Crippen LogP contribution in [0.4, 0.5) is 0 Å². The summed E-state index contributed by atoms with van der Waals surface area (Å²) < 4.78 is 4.91. The molecule has 0 aromatic heterocycles. The third-order valence-corrected chi connectivity index (χ3v) is 4.09. The van der Waals surface area contributed by atoms with Crippen molar-refractivity contribution < 1.29 is 4.74 Å². The average molecular weight is 330 g/mol. The predicted molar refractivity (Wildman–Crippen MR) is 63.7 cm³/mol. The second kappa shape index (κ2) is 4.47. The summed E-state index contributed by atoms with van der Waals surface area (Å²) in [5, 5.41) is 1.60. The first-order valence-corrected chi connectivity index (χ1v) is 6.19. The van der Waals surface area contributed by atoms with E-state index < -0.39 is 4.51 Å². The molecule has 1 aliphatic rings. The zero-order valence-corrected chi connectivity index (χ0v) is 11.5. The van der Waals surface area contributed by atoms with Crippen molar-refractivity contribution in [2.24, 2.45) is 0 Å². The highest BCUT2D eigenvalue weighted by Crippen LogP contribution is 2.39. The molecule has 0 saturated heterocycles. The van der Waals surface area contributed by atoms with Gasteiger partial charge in [-0.1, -0.05) is 33.1 Å². The van der Waals surface area contributed by atoms with E-state index in [0.29, 0.717) is 0 Å². The fourth-order valence-electron chi connectivity index (χ4n) is 1.22. The number of hydrogen-bond donors (Lipinski definition) is 0. The number of halogens is 3. The molecule has 0 heterocycles. The summed E-state index contributed by atoms with van der Waals surface area (Å²) in [5.74, 6) is 0. The van der Waals surface area contributed by atoms with Crippen molar-refractivity contribution in [2.45, 2.75) is 17.9 Å². The van der Waals surface area contributed by atoms with E-state index in [9.17, 15) is 0 Å². The van der Waals surface area contributed by atoms with Crippen molar-refractivity contribution in [3.8, 4) is 0 Å². The van der Waals surface area contributed by atoms with E-state index in [4.69, 9.17) is 16.3 Å². The molecule has 1 aliphatic carbocycles. The lowest BCUT2D eigenvalue weighted by Gasteiger charge is -2.29. The molecule has 0 saturated carbocycles. The highest BCUT2D eigenvalue weighted by Gasteiger charge is 2.30. The lowest BCUT2D eigenvalue weighted by Crippen LogP contribution is -2.25. The average Bonchev–Trinajstić information content (AvgIpc) is 2.11. The van der Waals surface area contributed by atoms with Crippen molar-refractivity contribution in [2.75, 3.05) is 12.4 Å². The number of allylic oxidation sites excluding steroid dienone is 2. The maximum atomic E-state index is 6.08. The Morgan fingerprint density at radius 2 is 2.31 bits per heavy atom. The van der Waals surface area contributed by atoms with Crippen LogP contribution in [0.5, 0.6) is 0 Å². The van der Waals surface area contributed by atoms with Gasteiger partial charge in [0.25, 0.3) is 0 Å². The number of rotatable bonds is 2. The smallest absolute Gasteiger partial charge is 0.146 e. The van der Waals surface area contributed by atoms with E-state index in [1.165, 1.54) is 5.57 Å². The molecule has 13 heavy (non-hydrogen) atoms. The van der Waals surface area contributed by atoms with Crippen LogP contribution in [-0.4, -0.2) is 17.0 Å². The minimum atomic E-state index is -0.424. The lowest BCUT2D eigenvalue weighted by molar-refractivity contribution is 0.116. The van der Waals surface area contributed by atoms with E-state index in [2.05, 4.69) is 31.9 Å². The minimum Gasteiger partial charge on any atom is -0.363 e. The molecule has 0 N–H and O–H groups in total. The number of hydrogen-bond acceptors (Lipinski definition) is 1. The van der Waals surface area contributed by atoms with Gasteiger partial charge in [0.2, 0.25) is 0 Å². The highest BCUT2D eigenvalue weighted by molar-refractivity contribution is 9.10. The summed E-state index contributed by atoms with van der Waals surface area (Å²) in [4.78, 5) is 0. The van der Waals surface area contributed by atoms with Gasteiger partial charge in [-0.2, -0.15) is 0 Å². The number of methoxy groups -OCH3 is 1. The van der Waals surface area contributed by atoms with Crippen molar-refractivity contribution in [1.29, 1.82) is 0 Å². The zero-order valence-electron chi connectivity index (χ0n) is 7.53. The summed E-state index contributed by atoms with van der Waals surface area (Å²) in [5.41, 5.74) is 2.41. The summed E-state index contributed by atoms with van der Waals surface area (Å²) >= 11 is 13.0. The van der Waals surface area contributed by atoms with Gasteiger partial charge in [-0.15, -0.1) is 0 Å². The molecule has 1 rings (SSSR count). The normalized spacial score (nSPS) is 29.2. The van der Waals surface area contributed by atoms with Crippen LogP contribution < -0.4 is 0 Å². The Morgan fingerprint density at radius 1 is 1.69 bits per heavy atom. The van der Waals surface area contributed by atoms with Crippen molar-refractivity contribution in [1.82, 2.24) is 0 Å².